The van der Waals surface area contributed by atoms with Crippen LogP contribution in [0.2, 0.25) is 4.05 Å². The second kappa shape index (κ2) is 8.79. The maximum absolute atomic E-state index is 3.95. The van der Waals surface area contributed by atoms with E-state index in [4.69, 9.17) is 0 Å². The van der Waals surface area contributed by atoms with Gasteiger partial charge >= 0.3 is 39.6 Å². The molecule has 4 heteroatoms. The van der Waals surface area contributed by atoms with Crippen LogP contribution in [0.4, 0.5) is 5.69 Å². The standard InChI is InChI=1S/C9H8N2.C3H7.BrH.Mg/c1-2-6-9-8(4-1)5-3-7-10-11-9;1-3-2;;/h1-7,11H;3H,1-2H3;1H;/q;;;+1/p-1. The van der Waals surface area contributed by atoms with Crippen LogP contribution in [0.3, 0.4) is 0 Å². The van der Waals surface area contributed by atoms with Crippen molar-refractivity contribution in [2.24, 2.45) is 5.10 Å². The molecular formula is C12H15BrMgN2. The number of anilines is 1. The fourth-order valence-electron chi connectivity index (χ4n) is 1.04. The number of hydrazone groups is 1. The van der Waals surface area contributed by atoms with E-state index in [0.717, 1.165) is 9.73 Å². The van der Waals surface area contributed by atoms with Crippen molar-refractivity contribution in [2.75, 3.05) is 5.43 Å². The number of halogens is 1. The second-order valence-electron chi connectivity index (χ2n) is 3.73. The molecule has 0 saturated carbocycles. The predicted molar refractivity (Wildman–Crippen MR) is 68.4 cm³/mol. The van der Waals surface area contributed by atoms with Crippen molar-refractivity contribution in [3.63, 3.8) is 0 Å². The van der Waals surface area contributed by atoms with Crippen molar-refractivity contribution in [1.29, 1.82) is 0 Å². The summed E-state index contributed by atoms with van der Waals surface area (Å²) < 4.78 is 0.861. The Balaban J connectivity index is 0.000000397. The van der Waals surface area contributed by atoms with Gasteiger partial charge in [0.2, 0.25) is 0 Å². The summed E-state index contributed by atoms with van der Waals surface area (Å²) in [4.78, 5) is 0. The van der Waals surface area contributed by atoms with E-state index in [-0.39, 0.29) is 17.0 Å². The number of hydrogen-bond acceptors (Lipinski definition) is 2. The van der Waals surface area contributed by atoms with Crippen LogP contribution in [-0.2, 0) is 0 Å². The van der Waals surface area contributed by atoms with Crippen molar-refractivity contribution in [2.45, 2.75) is 17.9 Å². The van der Waals surface area contributed by atoms with E-state index in [0.29, 0.717) is 0 Å². The molecule has 16 heavy (non-hydrogen) atoms. The summed E-state index contributed by atoms with van der Waals surface area (Å²) in [5.74, 6) is 0. The van der Waals surface area contributed by atoms with Crippen molar-refractivity contribution < 1.29 is 17.0 Å². The molecule has 0 atom stereocenters. The quantitative estimate of drug-likeness (QED) is 0.674. The van der Waals surface area contributed by atoms with E-state index in [9.17, 15) is 0 Å². The summed E-state index contributed by atoms with van der Waals surface area (Å²) in [6.07, 6.45) is 5.68. The van der Waals surface area contributed by atoms with E-state index in [1.54, 1.807) is 6.21 Å². The van der Waals surface area contributed by atoms with E-state index < -0.39 is 0 Å². The minimum absolute atomic E-state index is 0. The first-order chi connectivity index (χ1) is 7.20. The van der Waals surface area contributed by atoms with Gasteiger partial charge in [0.1, 0.15) is 0 Å². The summed E-state index contributed by atoms with van der Waals surface area (Å²) in [7, 11) is 0. The van der Waals surface area contributed by atoms with Gasteiger partial charge < -0.3 is 17.0 Å². The molecule has 0 unspecified atom stereocenters. The number of para-hydroxylation sites is 1. The van der Waals surface area contributed by atoms with Crippen LogP contribution in [0, 0.1) is 0 Å². The molecule has 1 N–H and O–H groups in total. The van der Waals surface area contributed by atoms with Gasteiger partial charge in [0, 0.05) is 6.21 Å². The number of nitrogens with zero attached hydrogens (tertiary/aromatic N) is 1. The average Bonchev–Trinajstić information content (AvgIpc) is 2.41. The van der Waals surface area contributed by atoms with Crippen molar-refractivity contribution in [1.82, 2.24) is 0 Å². The fourth-order valence-corrected chi connectivity index (χ4v) is 1.04. The molecule has 82 valence electrons. The van der Waals surface area contributed by atoms with Crippen LogP contribution >= 0.6 is 0 Å². The van der Waals surface area contributed by atoms with Crippen molar-refractivity contribution in [3.8, 4) is 0 Å². The summed E-state index contributed by atoms with van der Waals surface area (Å²) in [6, 6.07) is 8.05. The third kappa shape index (κ3) is 6.30. The maximum Gasteiger partial charge on any atom is -1.00 e. The van der Waals surface area contributed by atoms with E-state index in [2.05, 4.69) is 24.4 Å². The number of hydrogen-bond donors (Lipinski definition) is 1. The maximum atomic E-state index is 3.95. The molecule has 0 saturated heterocycles. The topological polar surface area (TPSA) is 24.4 Å². The second-order valence-corrected chi connectivity index (χ2v) is 5.36. The molecule has 0 aliphatic carbocycles. The van der Waals surface area contributed by atoms with Crippen LogP contribution in [-0.4, -0.2) is 27.9 Å². The Hall–Kier alpha value is -0.324. The van der Waals surface area contributed by atoms with Gasteiger partial charge in [-0.3, -0.25) is 5.43 Å². The Morgan fingerprint density at radius 1 is 1.25 bits per heavy atom. The zero-order valence-electron chi connectivity index (χ0n) is 9.65. The molecule has 1 aromatic carbocycles. The van der Waals surface area contributed by atoms with Crippen LogP contribution in [0.5, 0.6) is 0 Å². The molecule has 1 heterocycles. The predicted octanol–water partition coefficient (Wildman–Crippen LogP) is 0.0983. The SMILES string of the molecule is C1=Cc2ccccc2NN=C1.C[CH](C)[Mg+].[Br-]. The number of fused-ring (bicyclic) bond motifs is 1. The molecule has 0 amide bonds. The largest absolute Gasteiger partial charge is 1.00 e. The van der Waals surface area contributed by atoms with E-state index in [1.807, 2.05) is 58.1 Å². The third-order valence-electron chi connectivity index (χ3n) is 1.58. The normalized spacial score (nSPS) is 11.6. The summed E-state index contributed by atoms with van der Waals surface area (Å²) >= 11 is 2.00. The zero-order chi connectivity index (χ0) is 11.1. The number of benzene rings is 1. The number of rotatable bonds is 0. The minimum atomic E-state index is 0. The number of allylic oxidation sites excluding steroid dienone is 1. The molecule has 0 bridgehead atoms. The molecule has 1 aromatic rings. The molecule has 0 spiro atoms. The molecule has 2 nitrogen and oxygen atoms in total. The van der Waals surface area contributed by atoms with Gasteiger partial charge in [-0.2, -0.15) is 5.10 Å². The smallest absolute Gasteiger partial charge is 1.00 e. The Kier molecular flexibility index (Phi) is 8.61. The Bertz CT molecular complexity index is 359. The van der Waals surface area contributed by atoms with Gasteiger partial charge in [-0.25, -0.2) is 0 Å². The molecule has 2 rings (SSSR count). The molecular weight excluding hydrogens is 276 g/mol. The first-order valence-corrected chi connectivity index (χ1v) is 5.89. The Morgan fingerprint density at radius 2 is 1.88 bits per heavy atom. The molecule has 0 radical (unpaired) electrons. The average molecular weight is 291 g/mol. The van der Waals surface area contributed by atoms with Gasteiger partial charge in [-0.15, -0.1) is 0 Å². The zero-order valence-corrected chi connectivity index (χ0v) is 12.7. The number of nitrogens with one attached hydrogen (secondary N) is 1. The van der Waals surface area contributed by atoms with Crippen molar-refractivity contribution >= 4 is 39.7 Å². The Morgan fingerprint density at radius 3 is 2.56 bits per heavy atom. The van der Waals surface area contributed by atoms with Gasteiger partial charge in [-0.1, -0.05) is 24.3 Å². The van der Waals surface area contributed by atoms with Crippen LogP contribution in [0.15, 0.2) is 35.4 Å². The van der Waals surface area contributed by atoms with Gasteiger partial charge in [0.05, 0.1) is 5.69 Å². The van der Waals surface area contributed by atoms with Gasteiger partial charge in [-0.05, 0) is 17.7 Å². The van der Waals surface area contributed by atoms with Gasteiger partial charge in [0.15, 0.2) is 0 Å². The first kappa shape index (κ1) is 15.7. The fraction of sp³-hybridized carbons (Fsp3) is 0.250. The molecule has 0 aromatic heterocycles. The third-order valence-corrected chi connectivity index (χ3v) is 1.58. The van der Waals surface area contributed by atoms with Crippen LogP contribution in [0.1, 0.15) is 19.4 Å². The van der Waals surface area contributed by atoms with Gasteiger partial charge in [0.25, 0.3) is 0 Å². The van der Waals surface area contributed by atoms with Crippen LogP contribution in [0.25, 0.3) is 6.08 Å². The first-order valence-electron chi connectivity index (χ1n) is 5.08. The van der Waals surface area contributed by atoms with E-state index >= 15 is 0 Å². The molecule has 1 aliphatic rings. The molecule has 0 fully saturated rings. The van der Waals surface area contributed by atoms with E-state index in [1.165, 1.54) is 5.56 Å². The van der Waals surface area contributed by atoms with Crippen LogP contribution < -0.4 is 22.4 Å². The minimum Gasteiger partial charge on any atom is -1.00 e. The summed E-state index contributed by atoms with van der Waals surface area (Å²) in [5, 5.41) is 3.95. The molecule has 1 aliphatic heterocycles. The summed E-state index contributed by atoms with van der Waals surface area (Å²) in [5.41, 5.74) is 5.16. The Labute approximate surface area is 120 Å². The summed E-state index contributed by atoms with van der Waals surface area (Å²) in [6.45, 7) is 4.36. The monoisotopic (exact) mass is 290 g/mol. The van der Waals surface area contributed by atoms with Crippen molar-refractivity contribution in [3.05, 3.63) is 35.9 Å².